The number of benzene rings is 2. The maximum absolute atomic E-state index is 5.97. The van der Waals surface area contributed by atoms with Crippen molar-refractivity contribution in [2.45, 2.75) is 15.9 Å². The molecule has 2 aromatic carbocycles. The van der Waals surface area contributed by atoms with Gasteiger partial charge in [-0.05, 0) is 42.2 Å². The molecule has 0 spiro atoms. The molecule has 22 heavy (non-hydrogen) atoms. The van der Waals surface area contributed by atoms with Crippen LogP contribution in [0.4, 0.5) is 0 Å². The maximum Gasteiger partial charge on any atom is 0.277 e. The second-order valence-corrected chi connectivity index (χ2v) is 6.76. The first-order valence-corrected chi connectivity index (χ1v) is 9.18. The summed E-state index contributed by atoms with van der Waals surface area (Å²) in [6.45, 7) is 0. The summed E-state index contributed by atoms with van der Waals surface area (Å²) in [7, 11) is 0. The molecule has 6 heteroatoms. The molecular weight excluding hydrogens is 336 g/mol. The van der Waals surface area contributed by atoms with Crippen molar-refractivity contribution in [2.75, 3.05) is 6.26 Å². The van der Waals surface area contributed by atoms with E-state index in [-0.39, 0.29) is 0 Å². The minimum Gasteiger partial charge on any atom is -0.411 e. The van der Waals surface area contributed by atoms with Crippen LogP contribution in [0.25, 0.3) is 11.5 Å². The monoisotopic (exact) mass is 348 g/mol. The fourth-order valence-electron chi connectivity index (χ4n) is 1.87. The summed E-state index contributed by atoms with van der Waals surface area (Å²) in [6, 6.07) is 15.9. The van der Waals surface area contributed by atoms with Crippen LogP contribution in [-0.4, -0.2) is 16.5 Å². The van der Waals surface area contributed by atoms with Gasteiger partial charge in [-0.3, -0.25) is 0 Å². The Labute approximate surface area is 142 Å². The van der Waals surface area contributed by atoms with Gasteiger partial charge in [0.15, 0.2) is 0 Å². The van der Waals surface area contributed by atoms with Crippen LogP contribution in [0.15, 0.2) is 63.1 Å². The molecular formula is C16H13ClN2OS2. The Hall–Kier alpha value is -1.43. The smallest absolute Gasteiger partial charge is 0.277 e. The number of aromatic nitrogens is 2. The lowest BCUT2D eigenvalue weighted by molar-refractivity contribution is 0.466. The van der Waals surface area contributed by atoms with Crippen molar-refractivity contribution in [3.8, 4) is 11.5 Å². The van der Waals surface area contributed by atoms with Crippen molar-refractivity contribution in [3.63, 3.8) is 0 Å². The Morgan fingerprint density at radius 1 is 1.09 bits per heavy atom. The minimum absolute atomic E-state index is 0.489. The largest absolute Gasteiger partial charge is 0.411 e. The van der Waals surface area contributed by atoms with E-state index in [0.29, 0.717) is 16.1 Å². The van der Waals surface area contributed by atoms with Crippen LogP contribution in [0.1, 0.15) is 5.56 Å². The molecule has 1 heterocycles. The van der Waals surface area contributed by atoms with E-state index in [1.54, 1.807) is 11.8 Å². The van der Waals surface area contributed by atoms with Crippen LogP contribution in [0, 0.1) is 0 Å². The van der Waals surface area contributed by atoms with Crippen LogP contribution in [0.3, 0.4) is 0 Å². The van der Waals surface area contributed by atoms with E-state index < -0.39 is 0 Å². The Bertz CT molecular complexity index is 759. The fourth-order valence-corrected chi connectivity index (χ4v) is 3.19. The van der Waals surface area contributed by atoms with Gasteiger partial charge in [-0.15, -0.1) is 22.0 Å². The number of hydrogen-bond acceptors (Lipinski definition) is 5. The first kappa shape index (κ1) is 15.5. The average Bonchev–Trinajstić information content (AvgIpc) is 3.02. The highest BCUT2D eigenvalue weighted by Crippen LogP contribution is 2.27. The molecule has 3 rings (SSSR count). The Morgan fingerprint density at radius 3 is 2.64 bits per heavy atom. The minimum atomic E-state index is 0.489. The lowest BCUT2D eigenvalue weighted by atomic mass is 10.2. The van der Waals surface area contributed by atoms with Crippen LogP contribution in [-0.2, 0) is 5.75 Å². The third-order valence-corrected chi connectivity index (χ3v) is 4.87. The van der Waals surface area contributed by atoms with E-state index in [4.69, 9.17) is 16.0 Å². The quantitative estimate of drug-likeness (QED) is 0.577. The third-order valence-electron chi connectivity index (χ3n) is 3.00. The third kappa shape index (κ3) is 3.85. The van der Waals surface area contributed by atoms with Gasteiger partial charge in [0.25, 0.3) is 5.22 Å². The van der Waals surface area contributed by atoms with Gasteiger partial charge in [0.1, 0.15) is 0 Å². The van der Waals surface area contributed by atoms with E-state index in [9.17, 15) is 0 Å². The molecule has 0 aliphatic heterocycles. The summed E-state index contributed by atoms with van der Waals surface area (Å²) >= 11 is 9.23. The van der Waals surface area contributed by atoms with E-state index in [2.05, 4.69) is 40.7 Å². The highest BCUT2D eigenvalue weighted by molar-refractivity contribution is 7.98. The van der Waals surface area contributed by atoms with E-state index >= 15 is 0 Å². The molecule has 0 saturated carbocycles. The Balaban J connectivity index is 1.66. The molecule has 0 radical (unpaired) electrons. The molecule has 0 fully saturated rings. The first-order chi connectivity index (χ1) is 10.7. The Kier molecular flexibility index (Phi) is 5.08. The first-order valence-electron chi connectivity index (χ1n) is 6.60. The molecule has 1 aromatic heterocycles. The van der Waals surface area contributed by atoms with Crippen LogP contribution >= 0.6 is 35.1 Å². The van der Waals surface area contributed by atoms with Crippen molar-refractivity contribution in [3.05, 3.63) is 59.1 Å². The van der Waals surface area contributed by atoms with Gasteiger partial charge in [-0.25, -0.2) is 0 Å². The van der Waals surface area contributed by atoms with Gasteiger partial charge in [0.05, 0.1) is 0 Å². The fraction of sp³-hybridized carbons (Fsp3) is 0.125. The SMILES string of the molecule is CSc1ccc(CSc2nnc(-c3cccc(Cl)c3)o2)cc1. The summed E-state index contributed by atoms with van der Waals surface area (Å²) in [5.74, 6) is 1.29. The molecule has 0 aliphatic rings. The van der Waals surface area contributed by atoms with Gasteiger partial charge in [0, 0.05) is 21.2 Å². The van der Waals surface area contributed by atoms with Crippen molar-refractivity contribution in [1.29, 1.82) is 0 Å². The summed E-state index contributed by atoms with van der Waals surface area (Å²) in [5, 5.41) is 9.35. The normalized spacial score (nSPS) is 10.8. The van der Waals surface area contributed by atoms with Gasteiger partial charge in [-0.1, -0.05) is 41.6 Å². The predicted molar refractivity (Wildman–Crippen MR) is 92.5 cm³/mol. The lowest BCUT2D eigenvalue weighted by Gasteiger charge is -2.00. The maximum atomic E-state index is 5.97. The number of nitrogens with zero attached hydrogens (tertiary/aromatic N) is 2. The molecule has 112 valence electrons. The number of thioether (sulfide) groups is 2. The molecule has 0 aliphatic carbocycles. The predicted octanol–water partition coefficient (Wildman–Crippen LogP) is 5.40. The lowest BCUT2D eigenvalue weighted by Crippen LogP contribution is -1.80. The van der Waals surface area contributed by atoms with E-state index in [1.807, 2.05) is 24.3 Å². The zero-order valence-electron chi connectivity index (χ0n) is 11.8. The molecule has 0 saturated heterocycles. The van der Waals surface area contributed by atoms with Crippen LogP contribution < -0.4 is 0 Å². The molecule has 3 aromatic rings. The number of halogens is 1. The molecule has 0 unspecified atom stereocenters. The van der Waals surface area contributed by atoms with E-state index in [0.717, 1.165) is 11.3 Å². The van der Waals surface area contributed by atoms with Crippen LogP contribution in [0.5, 0.6) is 0 Å². The second-order valence-electron chi connectivity index (χ2n) is 4.52. The number of rotatable bonds is 5. The van der Waals surface area contributed by atoms with Crippen molar-refractivity contribution >= 4 is 35.1 Å². The standard InChI is InChI=1S/C16H13ClN2OS2/c1-21-14-7-5-11(6-8-14)10-22-16-19-18-15(20-16)12-3-2-4-13(17)9-12/h2-9H,10H2,1H3. The summed E-state index contributed by atoms with van der Waals surface area (Å²) in [4.78, 5) is 1.26. The molecule has 0 bridgehead atoms. The molecule has 0 atom stereocenters. The van der Waals surface area contributed by atoms with Gasteiger partial charge in [0.2, 0.25) is 5.89 Å². The van der Waals surface area contributed by atoms with Gasteiger partial charge in [-0.2, -0.15) is 0 Å². The van der Waals surface area contributed by atoms with Crippen molar-refractivity contribution < 1.29 is 4.42 Å². The number of hydrogen-bond donors (Lipinski definition) is 0. The highest BCUT2D eigenvalue weighted by Gasteiger charge is 2.09. The zero-order valence-corrected chi connectivity index (χ0v) is 14.2. The molecule has 0 N–H and O–H groups in total. The molecule has 0 amide bonds. The highest BCUT2D eigenvalue weighted by atomic mass is 35.5. The van der Waals surface area contributed by atoms with Crippen molar-refractivity contribution in [1.82, 2.24) is 10.2 Å². The van der Waals surface area contributed by atoms with Gasteiger partial charge >= 0.3 is 0 Å². The van der Waals surface area contributed by atoms with Crippen molar-refractivity contribution in [2.24, 2.45) is 0 Å². The van der Waals surface area contributed by atoms with Gasteiger partial charge < -0.3 is 4.42 Å². The average molecular weight is 349 g/mol. The topological polar surface area (TPSA) is 38.9 Å². The second kappa shape index (κ2) is 7.22. The summed E-state index contributed by atoms with van der Waals surface area (Å²) in [5.41, 5.74) is 2.06. The Morgan fingerprint density at radius 2 is 1.91 bits per heavy atom. The van der Waals surface area contributed by atoms with Crippen LogP contribution in [0.2, 0.25) is 5.02 Å². The molecule has 3 nitrogen and oxygen atoms in total. The summed E-state index contributed by atoms with van der Waals surface area (Å²) in [6.07, 6.45) is 2.07. The summed E-state index contributed by atoms with van der Waals surface area (Å²) < 4.78 is 5.67. The zero-order chi connectivity index (χ0) is 15.4. The van der Waals surface area contributed by atoms with E-state index in [1.165, 1.54) is 22.2 Å².